The number of nitrogens with zero attached hydrogens (tertiary/aromatic N) is 2. The van der Waals surface area contributed by atoms with Gasteiger partial charge in [-0.25, -0.2) is 0 Å². The fraction of sp³-hybridized carbons (Fsp3) is 0.222. The number of hydrogen-bond donors (Lipinski definition) is 0. The number of halogens is 1. The number of anilines is 1. The Labute approximate surface area is 151 Å². The minimum atomic E-state index is 0. The van der Waals surface area contributed by atoms with Crippen LogP contribution in [0.2, 0.25) is 0 Å². The Morgan fingerprint density at radius 2 is 1.83 bits per heavy atom. The zero-order chi connectivity index (χ0) is 15.4. The van der Waals surface area contributed by atoms with E-state index >= 15 is 0 Å². The standard InChI is InChI=1S/C18H18N2OS.BrH/c1-14-7-5-6-10-16(14)20(18-19-11-12-22-18)13-17(21)15-8-3-2-4-9-15;/h2-10H,11-13H2,1H3;1H. The molecule has 0 unspecified atom stereocenters. The summed E-state index contributed by atoms with van der Waals surface area (Å²) in [7, 11) is 0. The molecule has 0 saturated carbocycles. The summed E-state index contributed by atoms with van der Waals surface area (Å²) in [6, 6.07) is 17.6. The third-order valence-electron chi connectivity index (χ3n) is 3.60. The quantitative estimate of drug-likeness (QED) is 0.726. The molecule has 0 aromatic heterocycles. The number of Topliss-reactive ketones (excluding diaryl/α,β-unsaturated/α-hetero) is 1. The van der Waals surface area contributed by atoms with Crippen LogP contribution in [0.1, 0.15) is 15.9 Å². The van der Waals surface area contributed by atoms with E-state index in [1.54, 1.807) is 11.8 Å². The average molecular weight is 391 g/mol. The van der Waals surface area contributed by atoms with Gasteiger partial charge in [-0.3, -0.25) is 9.79 Å². The SMILES string of the molecule is Br.Cc1ccccc1N(CC(=O)c1ccccc1)C1=NCCS1. The number of carbonyl (C=O) groups is 1. The van der Waals surface area contributed by atoms with Crippen LogP contribution in [0.5, 0.6) is 0 Å². The zero-order valence-corrected chi connectivity index (χ0v) is 15.5. The first-order chi connectivity index (χ1) is 10.8. The molecule has 0 aliphatic carbocycles. The minimum Gasteiger partial charge on any atom is -0.313 e. The van der Waals surface area contributed by atoms with Crippen molar-refractivity contribution in [3.05, 3.63) is 65.7 Å². The second-order valence-corrected chi connectivity index (χ2v) is 6.24. The summed E-state index contributed by atoms with van der Waals surface area (Å²) < 4.78 is 0. The number of thioether (sulfide) groups is 1. The molecule has 0 bridgehead atoms. The lowest BCUT2D eigenvalue weighted by Gasteiger charge is -2.25. The van der Waals surface area contributed by atoms with Crippen LogP contribution in [0.4, 0.5) is 5.69 Å². The highest BCUT2D eigenvalue weighted by molar-refractivity contribution is 8.93. The Bertz CT molecular complexity index is 703. The molecule has 1 aliphatic heterocycles. The van der Waals surface area contributed by atoms with Gasteiger partial charge in [0, 0.05) is 17.0 Å². The van der Waals surface area contributed by atoms with Gasteiger partial charge in [0.25, 0.3) is 0 Å². The lowest BCUT2D eigenvalue weighted by atomic mass is 10.1. The second-order valence-electron chi connectivity index (χ2n) is 5.17. The Morgan fingerprint density at radius 1 is 1.13 bits per heavy atom. The van der Waals surface area contributed by atoms with Gasteiger partial charge in [-0.05, 0) is 18.6 Å². The van der Waals surface area contributed by atoms with Crippen LogP contribution in [0.15, 0.2) is 59.6 Å². The fourth-order valence-electron chi connectivity index (χ4n) is 2.47. The molecule has 0 N–H and O–H groups in total. The maximum absolute atomic E-state index is 12.6. The van der Waals surface area contributed by atoms with Crippen LogP contribution in [0.3, 0.4) is 0 Å². The molecule has 0 saturated heterocycles. The van der Waals surface area contributed by atoms with E-state index < -0.39 is 0 Å². The number of ketones is 1. The van der Waals surface area contributed by atoms with E-state index in [4.69, 9.17) is 0 Å². The van der Waals surface area contributed by atoms with Crippen molar-refractivity contribution >= 4 is 45.4 Å². The lowest BCUT2D eigenvalue weighted by molar-refractivity contribution is 0.100. The number of aliphatic imine (C=N–C) groups is 1. The van der Waals surface area contributed by atoms with Crippen molar-refractivity contribution in [2.24, 2.45) is 4.99 Å². The molecule has 0 atom stereocenters. The predicted octanol–water partition coefficient (Wildman–Crippen LogP) is 4.37. The van der Waals surface area contributed by atoms with E-state index in [1.165, 1.54) is 0 Å². The highest BCUT2D eigenvalue weighted by atomic mass is 79.9. The molecule has 0 amide bonds. The number of benzene rings is 2. The molecule has 0 fully saturated rings. The molecule has 3 rings (SSSR count). The van der Waals surface area contributed by atoms with Crippen LogP contribution < -0.4 is 4.90 Å². The largest absolute Gasteiger partial charge is 0.313 e. The molecule has 2 aromatic carbocycles. The first kappa shape index (κ1) is 17.8. The van der Waals surface area contributed by atoms with Crippen LogP contribution >= 0.6 is 28.7 Å². The summed E-state index contributed by atoms with van der Waals surface area (Å²) >= 11 is 1.71. The summed E-state index contributed by atoms with van der Waals surface area (Å²) in [6.07, 6.45) is 0. The van der Waals surface area contributed by atoms with Gasteiger partial charge in [0.2, 0.25) is 0 Å². The van der Waals surface area contributed by atoms with Crippen LogP contribution in [0, 0.1) is 6.92 Å². The van der Waals surface area contributed by atoms with Gasteiger partial charge in [-0.2, -0.15) is 0 Å². The van der Waals surface area contributed by atoms with E-state index in [1.807, 2.05) is 47.4 Å². The van der Waals surface area contributed by atoms with Crippen LogP contribution in [-0.4, -0.2) is 29.8 Å². The number of hydrogen-bond acceptors (Lipinski definition) is 4. The normalized spacial score (nSPS) is 13.2. The third-order valence-corrected chi connectivity index (χ3v) is 4.60. The third kappa shape index (κ3) is 4.24. The molecule has 1 heterocycles. The molecular weight excluding hydrogens is 372 g/mol. The van der Waals surface area contributed by atoms with Gasteiger partial charge < -0.3 is 4.90 Å². The maximum atomic E-state index is 12.6. The van der Waals surface area contributed by atoms with Gasteiger partial charge in [-0.1, -0.05) is 60.3 Å². The van der Waals surface area contributed by atoms with E-state index in [2.05, 4.69) is 24.0 Å². The van der Waals surface area contributed by atoms with Gasteiger partial charge in [0.15, 0.2) is 11.0 Å². The first-order valence-corrected chi connectivity index (χ1v) is 8.33. The molecule has 5 heteroatoms. The fourth-order valence-corrected chi connectivity index (χ4v) is 3.33. The molecule has 0 spiro atoms. The molecular formula is C18H19BrN2OS. The van der Waals surface area contributed by atoms with Crippen molar-refractivity contribution < 1.29 is 4.79 Å². The molecule has 0 radical (unpaired) electrons. The summed E-state index contributed by atoms with van der Waals surface area (Å²) in [5, 5.41) is 0.943. The molecule has 3 nitrogen and oxygen atoms in total. The van der Waals surface area contributed by atoms with E-state index in [0.29, 0.717) is 6.54 Å². The number of rotatable bonds is 4. The topological polar surface area (TPSA) is 32.7 Å². The average Bonchev–Trinajstić information content (AvgIpc) is 3.08. The zero-order valence-electron chi connectivity index (χ0n) is 12.9. The monoisotopic (exact) mass is 390 g/mol. The number of amidine groups is 1. The van der Waals surface area contributed by atoms with E-state index in [0.717, 1.165) is 34.3 Å². The van der Waals surface area contributed by atoms with Gasteiger partial charge in [0.05, 0.1) is 13.1 Å². The maximum Gasteiger partial charge on any atom is 0.182 e. The Morgan fingerprint density at radius 3 is 2.48 bits per heavy atom. The summed E-state index contributed by atoms with van der Waals surface area (Å²) in [4.78, 5) is 19.2. The molecule has 120 valence electrons. The second kappa shape index (κ2) is 8.31. The van der Waals surface area contributed by atoms with Crippen molar-refractivity contribution in [3.8, 4) is 0 Å². The minimum absolute atomic E-state index is 0. The highest BCUT2D eigenvalue weighted by Gasteiger charge is 2.22. The summed E-state index contributed by atoms with van der Waals surface area (Å²) in [5.41, 5.74) is 2.95. The summed E-state index contributed by atoms with van der Waals surface area (Å²) in [5.74, 6) is 1.09. The van der Waals surface area contributed by atoms with Gasteiger partial charge in [-0.15, -0.1) is 17.0 Å². The summed E-state index contributed by atoms with van der Waals surface area (Å²) in [6.45, 7) is 3.21. The predicted molar refractivity (Wildman–Crippen MR) is 104 cm³/mol. The Kier molecular flexibility index (Phi) is 6.42. The number of aryl methyl sites for hydroxylation is 1. The van der Waals surface area contributed by atoms with Crippen LogP contribution in [-0.2, 0) is 0 Å². The van der Waals surface area contributed by atoms with Crippen molar-refractivity contribution in [1.82, 2.24) is 0 Å². The van der Waals surface area contributed by atoms with E-state index in [9.17, 15) is 4.79 Å². The molecule has 23 heavy (non-hydrogen) atoms. The smallest absolute Gasteiger partial charge is 0.182 e. The van der Waals surface area contributed by atoms with Crippen molar-refractivity contribution in [2.45, 2.75) is 6.92 Å². The molecule has 2 aromatic rings. The van der Waals surface area contributed by atoms with Gasteiger partial charge in [0.1, 0.15) is 0 Å². The Hall–Kier alpha value is -1.59. The first-order valence-electron chi connectivity index (χ1n) is 7.34. The number of para-hydroxylation sites is 1. The van der Waals surface area contributed by atoms with Gasteiger partial charge >= 0.3 is 0 Å². The Balaban J connectivity index is 0.00000192. The molecule has 1 aliphatic rings. The van der Waals surface area contributed by atoms with Crippen LogP contribution in [0.25, 0.3) is 0 Å². The van der Waals surface area contributed by atoms with E-state index in [-0.39, 0.29) is 22.8 Å². The lowest BCUT2D eigenvalue weighted by Crippen LogP contribution is -2.34. The van der Waals surface area contributed by atoms with Crippen molar-refractivity contribution in [2.75, 3.05) is 23.7 Å². The van der Waals surface area contributed by atoms with Crippen molar-refractivity contribution in [1.29, 1.82) is 0 Å². The van der Waals surface area contributed by atoms with Crippen molar-refractivity contribution in [3.63, 3.8) is 0 Å². The number of carbonyl (C=O) groups excluding carboxylic acids is 1. The highest BCUT2D eigenvalue weighted by Crippen LogP contribution is 2.26.